The molecule has 0 spiro atoms. The minimum atomic E-state index is -0.398. The first-order valence-corrected chi connectivity index (χ1v) is 5.47. The van der Waals surface area contributed by atoms with E-state index < -0.39 is 5.82 Å². The molecule has 0 aliphatic carbocycles. The first-order chi connectivity index (χ1) is 8.17. The van der Waals surface area contributed by atoms with Gasteiger partial charge in [-0.25, -0.2) is 4.39 Å². The highest BCUT2D eigenvalue weighted by Gasteiger charge is 2.04. The van der Waals surface area contributed by atoms with Crippen molar-refractivity contribution in [2.75, 3.05) is 20.2 Å². The van der Waals surface area contributed by atoms with Crippen LogP contribution in [0.1, 0.15) is 12.5 Å². The fourth-order valence-electron chi connectivity index (χ4n) is 1.40. The number of hydrogen-bond donors (Lipinski definition) is 2. The normalized spacial score (nSPS) is 10.1. The van der Waals surface area contributed by atoms with Crippen molar-refractivity contribution in [3.8, 4) is 5.75 Å². The number of rotatable bonds is 6. The fourth-order valence-corrected chi connectivity index (χ4v) is 1.40. The van der Waals surface area contributed by atoms with Crippen LogP contribution in [0.5, 0.6) is 5.75 Å². The summed E-state index contributed by atoms with van der Waals surface area (Å²) in [7, 11) is 1.42. The highest BCUT2D eigenvalue weighted by Crippen LogP contribution is 2.17. The number of benzene rings is 1. The van der Waals surface area contributed by atoms with Gasteiger partial charge in [0.15, 0.2) is 11.6 Å². The first-order valence-electron chi connectivity index (χ1n) is 5.47. The van der Waals surface area contributed by atoms with Crippen LogP contribution in [0, 0.1) is 5.82 Å². The molecule has 0 radical (unpaired) electrons. The zero-order valence-corrected chi connectivity index (χ0v) is 10.0. The van der Waals surface area contributed by atoms with Crippen LogP contribution in [0.15, 0.2) is 18.2 Å². The van der Waals surface area contributed by atoms with Crippen LogP contribution in [-0.4, -0.2) is 26.1 Å². The van der Waals surface area contributed by atoms with Crippen LogP contribution in [-0.2, 0) is 11.3 Å². The minimum absolute atomic E-state index is 0.0681. The van der Waals surface area contributed by atoms with Gasteiger partial charge in [-0.1, -0.05) is 6.07 Å². The summed E-state index contributed by atoms with van der Waals surface area (Å²) in [5.74, 6) is -0.247. The lowest BCUT2D eigenvalue weighted by Crippen LogP contribution is -2.33. The smallest absolute Gasteiger partial charge is 0.233 e. The van der Waals surface area contributed by atoms with Gasteiger partial charge in [-0.15, -0.1) is 0 Å². The van der Waals surface area contributed by atoms with Crippen LogP contribution in [0.25, 0.3) is 0 Å². The number of amides is 1. The Labute approximate surface area is 100 Å². The largest absolute Gasteiger partial charge is 0.494 e. The highest BCUT2D eigenvalue weighted by atomic mass is 19.1. The van der Waals surface area contributed by atoms with E-state index in [1.165, 1.54) is 13.2 Å². The Kier molecular flexibility index (Phi) is 5.42. The molecule has 1 rings (SSSR count). The van der Waals surface area contributed by atoms with Crippen molar-refractivity contribution in [3.63, 3.8) is 0 Å². The monoisotopic (exact) mass is 240 g/mol. The quantitative estimate of drug-likeness (QED) is 0.781. The molecule has 0 fully saturated rings. The topological polar surface area (TPSA) is 50.4 Å². The van der Waals surface area contributed by atoms with Gasteiger partial charge in [0, 0.05) is 13.1 Å². The molecule has 4 nitrogen and oxygen atoms in total. The number of ether oxygens (including phenoxy) is 1. The molecule has 1 amide bonds. The van der Waals surface area contributed by atoms with Gasteiger partial charge < -0.3 is 15.4 Å². The summed E-state index contributed by atoms with van der Waals surface area (Å²) in [6, 6.07) is 4.72. The molecule has 0 atom stereocenters. The van der Waals surface area contributed by atoms with Gasteiger partial charge in [0.1, 0.15) is 0 Å². The van der Waals surface area contributed by atoms with Gasteiger partial charge in [-0.3, -0.25) is 4.79 Å². The van der Waals surface area contributed by atoms with Crippen molar-refractivity contribution >= 4 is 5.91 Å². The highest BCUT2D eigenvalue weighted by molar-refractivity contribution is 5.77. The number of carbonyl (C=O) groups is 1. The van der Waals surface area contributed by atoms with E-state index in [9.17, 15) is 9.18 Å². The molecule has 0 saturated heterocycles. The molecule has 0 unspecified atom stereocenters. The average Bonchev–Trinajstić information content (AvgIpc) is 2.29. The third-order valence-electron chi connectivity index (χ3n) is 2.20. The van der Waals surface area contributed by atoms with E-state index in [4.69, 9.17) is 4.74 Å². The summed E-state index contributed by atoms with van der Waals surface area (Å²) in [4.78, 5) is 11.1. The molecule has 0 heterocycles. The van der Waals surface area contributed by atoms with Gasteiger partial charge in [0.25, 0.3) is 0 Å². The van der Waals surface area contributed by atoms with Crippen molar-refractivity contribution in [3.05, 3.63) is 29.6 Å². The zero-order chi connectivity index (χ0) is 12.7. The Balaban J connectivity index is 2.42. The number of halogens is 1. The summed E-state index contributed by atoms with van der Waals surface area (Å²) in [6.07, 6.45) is 0. The van der Waals surface area contributed by atoms with Crippen LogP contribution in [0.2, 0.25) is 0 Å². The Morgan fingerprint density at radius 3 is 2.82 bits per heavy atom. The summed E-state index contributed by atoms with van der Waals surface area (Å²) >= 11 is 0. The van der Waals surface area contributed by atoms with Gasteiger partial charge in [0.05, 0.1) is 13.7 Å². The maximum Gasteiger partial charge on any atom is 0.233 e. The lowest BCUT2D eigenvalue weighted by atomic mass is 10.2. The van der Waals surface area contributed by atoms with Gasteiger partial charge in [-0.2, -0.15) is 0 Å². The molecule has 0 bridgehead atoms. The molecule has 17 heavy (non-hydrogen) atoms. The van der Waals surface area contributed by atoms with E-state index in [-0.39, 0.29) is 18.2 Å². The third kappa shape index (κ3) is 4.40. The van der Waals surface area contributed by atoms with Crippen LogP contribution in [0.3, 0.4) is 0 Å². The maximum absolute atomic E-state index is 13.3. The molecule has 2 N–H and O–H groups in total. The van der Waals surface area contributed by atoms with Crippen molar-refractivity contribution in [1.82, 2.24) is 10.6 Å². The summed E-state index contributed by atoms with van der Waals surface area (Å²) in [6.45, 7) is 3.13. The van der Waals surface area contributed by atoms with Gasteiger partial charge in [-0.05, 0) is 24.6 Å². The van der Waals surface area contributed by atoms with Gasteiger partial charge in [0.2, 0.25) is 5.91 Å². The van der Waals surface area contributed by atoms with E-state index >= 15 is 0 Å². The second-order valence-corrected chi connectivity index (χ2v) is 3.53. The van der Waals surface area contributed by atoms with E-state index in [1.807, 2.05) is 6.92 Å². The minimum Gasteiger partial charge on any atom is -0.494 e. The third-order valence-corrected chi connectivity index (χ3v) is 2.20. The molecule has 0 aromatic heterocycles. The Hall–Kier alpha value is -1.62. The predicted molar refractivity (Wildman–Crippen MR) is 63.3 cm³/mol. The lowest BCUT2D eigenvalue weighted by molar-refractivity contribution is -0.120. The number of likely N-dealkylation sites (N-methyl/N-ethyl adjacent to an activating group) is 1. The Morgan fingerprint density at radius 2 is 2.24 bits per heavy atom. The predicted octanol–water partition coefficient (Wildman–Crippen LogP) is 1.06. The number of nitrogens with one attached hydrogen (secondary N) is 2. The van der Waals surface area contributed by atoms with Crippen LogP contribution < -0.4 is 15.4 Å². The second kappa shape index (κ2) is 6.85. The standard InChI is InChI=1S/C12H17FN2O2/c1-3-15-12(16)8-14-7-9-4-5-11(17-2)10(13)6-9/h4-6,14H,3,7-8H2,1-2H3,(H,15,16). The van der Waals surface area contributed by atoms with Crippen molar-refractivity contribution in [1.29, 1.82) is 0 Å². The van der Waals surface area contributed by atoms with Crippen LogP contribution >= 0.6 is 0 Å². The van der Waals surface area contributed by atoms with Crippen molar-refractivity contribution < 1.29 is 13.9 Å². The molecular formula is C12H17FN2O2. The first kappa shape index (κ1) is 13.4. The summed E-state index contributed by atoms with van der Waals surface area (Å²) in [5, 5.41) is 5.60. The average molecular weight is 240 g/mol. The van der Waals surface area contributed by atoms with Crippen molar-refractivity contribution in [2.24, 2.45) is 0 Å². The number of hydrogen-bond acceptors (Lipinski definition) is 3. The number of methoxy groups -OCH3 is 1. The Morgan fingerprint density at radius 1 is 1.47 bits per heavy atom. The van der Waals surface area contributed by atoms with E-state index in [1.54, 1.807) is 12.1 Å². The summed E-state index contributed by atoms with van der Waals surface area (Å²) in [5.41, 5.74) is 0.771. The second-order valence-electron chi connectivity index (χ2n) is 3.53. The molecule has 5 heteroatoms. The van der Waals surface area contributed by atoms with E-state index in [0.29, 0.717) is 13.1 Å². The SMILES string of the molecule is CCNC(=O)CNCc1ccc(OC)c(F)c1. The van der Waals surface area contributed by atoms with Crippen LogP contribution in [0.4, 0.5) is 4.39 Å². The number of carbonyl (C=O) groups excluding carboxylic acids is 1. The fraction of sp³-hybridized carbons (Fsp3) is 0.417. The zero-order valence-electron chi connectivity index (χ0n) is 10.0. The molecule has 1 aromatic rings. The lowest BCUT2D eigenvalue weighted by Gasteiger charge is -2.07. The molecular weight excluding hydrogens is 223 g/mol. The molecule has 0 aliphatic heterocycles. The molecule has 1 aromatic carbocycles. The molecule has 0 aliphatic rings. The molecule has 0 saturated carbocycles. The van der Waals surface area contributed by atoms with Crippen molar-refractivity contribution in [2.45, 2.75) is 13.5 Å². The van der Waals surface area contributed by atoms with E-state index in [0.717, 1.165) is 5.56 Å². The van der Waals surface area contributed by atoms with Gasteiger partial charge >= 0.3 is 0 Å². The molecule has 94 valence electrons. The maximum atomic E-state index is 13.3. The summed E-state index contributed by atoms with van der Waals surface area (Å²) < 4.78 is 18.1. The Bertz CT molecular complexity index is 383. The van der Waals surface area contributed by atoms with E-state index in [2.05, 4.69) is 10.6 Å².